The van der Waals surface area contributed by atoms with Gasteiger partial charge in [-0.3, -0.25) is 9.59 Å². The Hall–Kier alpha value is -3.16. The molecule has 3 aromatic rings. The summed E-state index contributed by atoms with van der Waals surface area (Å²) in [4.78, 5) is 26.2. The van der Waals surface area contributed by atoms with Gasteiger partial charge in [-0.15, -0.1) is 11.8 Å². The molecule has 0 aromatic heterocycles. The maximum Gasteiger partial charge on any atom is 0.255 e. The lowest BCUT2D eigenvalue weighted by Crippen LogP contribution is -2.22. The van der Waals surface area contributed by atoms with Crippen molar-refractivity contribution in [1.82, 2.24) is 0 Å². The average molecular weight is 485 g/mol. The average Bonchev–Trinajstić information content (AvgIpc) is 2.81. The van der Waals surface area contributed by atoms with Crippen LogP contribution < -0.4 is 20.1 Å². The van der Waals surface area contributed by atoms with E-state index in [1.54, 1.807) is 36.4 Å². The molecule has 0 aliphatic carbocycles. The first-order chi connectivity index (χ1) is 15.8. The lowest BCUT2D eigenvalue weighted by molar-refractivity contribution is -0.115. The van der Waals surface area contributed by atoms with E-state index in [4.69, 9.17) is 21.1 Å². The third kappa shape index (κ3) is 6.21. The van der Waals surface area contributed by atoms with Crippen molar-refractivity contribution in [3.8, 4) is 11.5 Å². The summed E-state index contributed by atoms with van der Waals surface area (Å²) >= 11 is 7.53. The summed E-state index contributed by atoms with van der Waals surface area (Å²) in [6, 6.07) is 17.7. The summed E-state index contributed by atoms with van der Waals surface area (Å²) in [6.07, 6.45) is 0. The molecule has 3 aromatic carbocycles. The van der Waals surface area contributed by atoms with Gasteiger partial charge in [0, 0.05) is 26.9 Å². The van der Waals surface area contributed by atoms with Gasteiger partial charge in [0.1, 0.15) is 0 Å². The van der Waals surface area contributed by atoms with Crippen molar-refractivity contribution in [2.75, 3.05) is 24.9 Å². The topological polar surface area (TPSA) is 76.7 Å². The fraction of sp³-hybridized carbons (Fsp3) is 0.200. The zero-order chi connectivity index (χ0) is 24.0. The molecule has 0 heterocycles. The Bertz CT molecular complexity index is 1170. The fourth-order valence-corrected chi connectivity index (χ4v) is 4.16. The van der Waals surface area contributed by atoms with E-state index in [0.29, 0.717) is 33.5 Å². The lowest BCUT2D eigenvalue weighted by Gasteiger charge is -2.15. The highest BCUT2D eigenvalue weighted by atomic mass is 35.5. The quantitative estimate of drug-likeness (QED) is 0.381. The van der Waals surface area contributed by atoms with Crippen LogP contribution >= 0.6 is 23.4 Å². The van der Waals surface area contributed by atoms with Gasteiger partial charge < -0.3 is 20.1 Å². The Morgan fingerprint density at radius 2 is 1.67 bits per heavy atom. The number of rotatable bonds is 8. The molecule has 2 N–H and O–H groups in total. The number of carbonyl (C=O) groups is 2. The summed E-state index contributed by atoms with van der Waals surface area (Å²) in [6.45, 7) is 3.69. The first-order valence-electron chi connectivity index (χ1n) is 10.2. The molecule has 0 saturated heterocycles. The summed E-state index contributed by atoms with van der Waals surface area (Å²) in [5.74, 6) is 0.613. The first-order valence-corrected chi connectivity index (χ1v) is 11.4. The minimum Gasteiger partial charge on any atom is -0.493 e. The second kappa shape index (κ2) is 11.1. The van der Waals surface area contributed by atoms with Crippen LogP contribution in [0.25, 0.3) is 0 Å². The number of halogens is 1. The van der Waals surface area contributed by atoms with Gasteiger partial charge in [0.2, 0.25) is 5.91 Å². The molecule has 0 fully saturated rings. The highest BCUT2D eigenvalue weighted by molar-refractivity contribution is 8.00. The number of amides is 2. The van der Waals surface area contributed by atoms with E-state index < -0.39 is 0 Å². The number of methoxy groups -OCH3 is 2. The van der Waals surface area contributed by atoms with Gasteiger partial charge in [-0.05, 0) is 67.9 Å². The normalized spacial score (nSPS) is 11.4. The summed E-state index contributed by atoms with van der Waals surface area (Å²) in [5, 5.41) is 6.04. The van der Waals surface area contributed by atoms with Crippen molar-refractivity contribution >= 4 is 46.6 Å². The van der Waals surface area contributed by atoms with Crippen molar-refractivity contribution < 1.29 is 19.1 Å². The molecule has 33 heavy (non-hydrogen) atoms. The van der Waals surface area contributed by atoms with Gasteiger partial charge in [0.15, 0.2) is 11.5 Å². The minimum absolute atomic E-state index is 0.134. The molecule has 0 aliphatic rings. The number of hydrogen-bond acceptors (Lipinski definition) is 5. The molecule has 0 spiro atoms. The molecule has 0 bridgehead atoms. The molecule has 0 saturated carbocycles. The molecule has 1 atom stereocenters. The number of benzene rings is 3. The number of carbonyl (C=O) groups excluding carboxylic acids is 2. The van der Waals surface area contributed by atoms with Crippen LogP contribution in [0.5, 0.6) is 11.5 Å². The lowest BCUT2D eigenvalue weighted by atomic mass is 10.2. The number of anilines is 2. The van der Waals surface area contributed by atoms with Gasteiger partial charge in [-0.25, -0.2) is 0 Å². The largest absolute Gasteiger partial charge is 0.493 e. The Morgan fingerprint density at radius 1 is 0.939 bits per heavy atom. The van der Waals surface area contributed by atoms with E-state index in [1.807, 2.05) is 38.1 Å². The highest BCUT2D eigenvalue weighted by Gasteiger charge is 2.17. The third-order valence-corrected chi connectivity index (χ3v) is 6.45. The monoisotopic (exact) mass is 484 g/mol. The van der Waals surface area contributed by atoms with Crippen LogP contribution in [-0.2, 0) is 4.79 Å². The zero-order valence-electron chi connectivity index (χ0n) is 18.8. The van der Waals surface area contributed by atoms with Crippen molar-refractivity contribution in [1.29, 1.82) is 0 Å². The summed E-state index contributed by atoms with van der Waals surface area (Å²) in [5.41, 5.74) is 2.58. The van der Waals surface area contributed by atoms with E-state index in [2.05, 4.69) is 10.6 Å². The molecule has 1 unspecified atom stereocenters. The van der Waals surface area contributed by atoms with Crippen LogP contribution in [-0.4, -0.2) is 31.3 Å². The standard InChI is InChI=1S/C25H25ClN2O4S/c1-15-20(26)9-6-10-21(15)28-24(29)16(2)33-19-8-5-7-18(14-19)27-25(30)17-11-12-22(31-3)23(13-17)32-4/h5-14,16H,1-4H3,(H,27,30)(H,28,29). The van der Waals surface area contributed by atoms with Crippen LogP contribution in [0.15, 0.2) is 65.6 Å². The molecular formula is C25H25ClN2O4S. The Balaban J connectivity index is 1.66. The number of nitrogens with one attached hydrogen (secondary N) is 2. The molecule has 172 valence electrons. The second-order valence-corrected chi connectivity index (χ2v) is 9.03. The minimum atomic E-state index is -0.361. The van der Waals surface area contributed by atoms with Gasteiger partial charge in [-0.2, -0.15) is 0 Å². The Morgan fingerprint density at radius 3 is 2.39 bits per heavy atom. The number of ether oxygens (including phenoxy) is 2. The van der Waals surface area contributed by atoms with Crippen molar-refractivity contribution in [3.63, 3.8) is 0 Å². The summed E-state index contributed by atoms with van der Waals surface area (Å²) < 4.78 is 10.5. The SMILES string of the molecule is COc1ccc(C(=O)Nc2cccc(SC(C)C(=O)Nc3cccc(Cl)c3C)c2)cc1OC. The van der Waals surface area contributed by atoms with Crippen LogP contribution in [0.3, 0.4) is 0 Å². The van der Waals surface area contributed by atoms with E-state index in [-0.39, 0.29) is 17.1 Å². The number of thioether (sulfide) groups is 1. The number of hydrogen-bond donors (Lipinski definition) is 2. The van der Waals surface area contributed by atoms with E-state index >= 15 is 0 Å². The predicted molar refractivity (Wildman–Crippen MR) is 134 cm³/mol. The van der Waals surface area contributed by atoms with Crippen molar-refractivity contribution in [2.24, 2.45) is 0 Å². The van der Waals surface area contributed by atoms with E-state index in [9.17, 15) is 9.59 Å². The molecule has 6 nitrogen and oxygen atoms in total. The second-order valence-electron chi connectivity index (χ2n) is 7.21. The fourth-order valence-electron chi connectivity index (χ4n) is 3.06. The van der Waals surface area contributed by atoms with Crippen LogP contribution in [0.4, 0.5) is 11.4 Å². The summed E-state index contributed by atoms with van der Waals surface area (Å²) in [7, 11) is 3.06. The van der Waals surface area contributed by atoms with Gasteiger partial charge in [-0.1, -0.05) is 23.7 Å². The zero-order valence-corrected chi connectivity index (χ0v) is 20.3. The Kier molecular flexibility index (Phi) is 8.25. The molecular weight excluding hydrogens is 460 g/mol. The Labute approximate surface area is 202 Å². The van der Waals surface area contributed by atoms with Crippen molar-refractivity contribution in [2.45, 2.75) is 24.0 Å². The van der Waals surface area contributed by atoms with Crippen LogP contribution in [0.2, 0.25) is 5.02 Å². The van der Waals surface area contributed by atoms with E-state index in [0.717, 1.165) is 10.5 Å². The van der Waals surface area contributed by atoms with Gasteiger partial charge in [0.25, 0.3) is 5.91 Å². The first kappa shape index (κ1) is 24.5. The highest BCUT2D eigenvalue weighted by Crippen LogP contribution is 2.30. The third-order valence-electron chi connectivity index (χ3n) is 4.95. The smallest absolute Gasteiger partial charge is 0.255 e. The molecule has 3 rings (SSSR count). The molecule has 0 radical (unpaired) electrons. The molecule has 2 amide bonds. The van der Waals surface area contributed by atoms with Crippen LogP contribution in [0.1, 0.15) is 22.8 Å². The van der Waals surface area contributed by atoms with E-state index in [1.165, 1.54) is 26.0 Å². The van der Waals surface area contributed by atoms with Gasteiger partial charge >= 0.3 is 0 Å². The van der Waals surface area contributed by atoms with Crippen molar-refractivity contribution in [3.05, 3.63) is 76.8 Å². The maximum atomic E-state index is 12.7. The molecule has 0 aliphatic heterocycles. The maximum absolute atomic E-state index is 12.7. The predicted octanol–water partition coefficient (Wildman–Crippen LogP) is 6.04. The van der Waals surface area contributed by atoms with Crippen LogP contribution in [0, 0.1) is 6.92 Å². The van der Waals surface area contributed by atoms with Gasteiger partial charge in [0.05, 0.1) is 19.5 Å². The molecule has 8 heteroatoms.